The number of ether oxygens (including phenoxy) is 4. The molecule has 0 aliphatic rings. The molecule has 522 valence electrons. The van der Waals surface area contributed by atoms with E-state index in [4.69, 9.17) is 37.0 Å². The fraction of sp³-hybridized carbons (Fsp3) is 0.942. The minimum Gasteiger partial charge on any atom is -0.462 e. The lowest BCUT2D eigenvalue weighted by atomic mass is 10.0. The number of phosphoric acid groups is 2. The Hall–Kier alpha value is -1.94. The highest BCUT2D eigenvalue weighted by atomic mass is 31.2. The predicted molar refractivity (Wildman–Crippen MR) is 354 cm³/mol. The monoisotopic (exact) mass is 1300 g/mol. The van der Waals surface area contributed by atoms with Crippen molar-refractivity contribution in [3.05, 3.63) is 0 Å². The highest BCUT2D eigenvalue weighted by Gasteiger charge is 2.30. The summed E-state index contributed by atoms with van der Waals surface area (Å²) < 4.78 is 68.2. The lowest BCUT2D eigenvalue weighted by molar-refractivity contribution is -0.161. The standard InChI is InChI=1S/C69H134O17P2/c1-8-9-10-11-12-19-29-36-43-50-66(71)79-56-65(86-69(74)53-46-39-32-25-24-28-35-42-49-62(6)7)59-84-88(77,78)82-55-63(70)54-81-87(75,76)83-58-64(85-68(73)52-45-38-31-23-18-14-16-21-27-34-41-48-61(4)5)57-80-67(72)51-44-37-30-22-17-13-15-20-26-33-40-47-60(2)3/h60-65,70H,8-59H2,1-7H3,(H,75,76)(H,77,78)/t63-,64-,65-/m1/s1. The van der Waals surface area contributed by atoms with Gasteiger partial charge in [0.15, 0.2) is 12.2 Å². The van der Waals surface area contributed by atoms with Crippen LogP contribution in [0.2, 0.25) is 0 Å². The van der Waals surface area contributed by atoms with E-state index in [1.165, 1.54) is 154 Å². The fourth-order valence-corrected chi connectivity index (χ4v) is 11.9. The van der Waals surface area contributed by atoms with Crippen molar-refractivity contribution in [1.82, 2.24) is 0 Å². The number of esters is 4. The van der Waals surface area contributed by atoms with Crippen molar-refractivity contribution in [3.8, 4) is 0 Å². The lowest BCUT2D eigenvalue weighted by Crippen LogP contribution is -2.30. The summed E-state index contributed by atoms with van der Waals surface area (Å²) in [7, 11) is -9.90. The van der Waals surface area contributed by atoms with E-state index >= 15 is 0 Å². The lowest BCUT2D eigenvalue weighted by Gasteiger charge is -2.21. The molecule has 0 heterocycles. The molecule has 0 aromatic rings. The van der Waals surface area contributed by atoms with Gasteiger partial charge >= 0.3 is 39.5 Å². The molecule has 0 amide bonds. The molecule has 0 aliphatic carbocycles. The first kappa shape index (κ1) is 86.1. The Kier molecular flexibility index (Phi) is 58.7. The van der Waals surface area contributed by atoms with Crippen LogP contribution >= 0.6 is 15.6 Å². The van der Waals surface area contributed by atoms with Crippen LogP contribution in [0, 0.1) is 17.8 Å². The molecule has 0 saturated heterocycles. The fourth-order valence-electron chi connectivity index (χ4n) is 10.4. The minimum absolute atomic E-state index is 0.104. The molecule has 88 heavy (non-hydrogen) atoms. The van der Waals surface area contributed by atoms with Crippen LogP contribution in [0.1, 0.15) is 344 Å². The summed E-state index contributed by atoms with van der Waals surface area (Å²) in [5.74, 6) is 0.125. The van der Waals surface area contributed by atoms with E-state index in [1.54, 1.807) is 0 Å². The molecule has 0 saturated carbocycles. The second-order valence-electron chi connectivity index (χ2n) is 26.3. The zero-order valence-corrected chi connectivity index (χ0v) is 59.0. The Labute approximate surface area is 537 Å². The summed E-state index contributed by atoms with van der Waals surface area (Å²) in [5.41, 5.74) is 0. The van der Waals surface area contributed by atoms with Crippen molar-refractivity contribution >= 4 is 39.5 Å². The average molecular weight is 1300 g/mol. The molecule has 19 heteroatoms. The van der Waals surface area contributed by atoms with Gasteiger partial charge in [-0.3, -0.25) is 37.3 Å². The number of aliphatic hydroxyl groups is 1. The Morgan fingerprint density at radius 3 is 0.773 bits per heavy atom. The van der Waals surface area contributed by atoms with Gasteiger partial charge in [-0.15, -0.1) is 0 Å². The molecule has 0 radical (unpaired) electrons. The van der Waals surface area contributed by atoms with Crippen LogP contribution < -0.4 is 0 Å². The van der Waals surface area contributed by atoms with Crippen LogP contribution in [-0.2, 0) is 65.4 Å². The number of hydrogen-bond acceptors (Lipinski definition) is 15. The first-order chi connectivity index (χ1) is 42.2. The maximum atomic E-state index is 13.0. The summed E-state index contributed by atoms with van der Waals surface area (Å²) in [6.07, 6.45) is 43.0. The SMILES string of the molecule is CCCCCCCCCCCC(=O)OC[C@H](COP(=O)(O)OC[C@H](O)COP(=O)(O)OC[C@@H](COC(=O)CCCCCCCCCCCCCC(C)C)OC(=O)CCCCCCCCCCCCCC(C)C)OC(=O)CCCCCCCCCCC(C)C. The highest BCUT2D eigenvalue weighted by molar-refractivity contribution is 7.47. The van der Waals surface area contributed by atoms with Crippen molar-refractivity contribution in [3.63, 3.8) is 0 Å². The summed E-state index contributed by atoms with van der Waals surface area (Å²) in [6.45, 7) is 11.8. The van der Waals surface area contributed by atoms with Gasteiger partial charge < -0.3 is 33.8 Å². The third-order valence-corrected chi connectivity index (χ3v) is 17.8. The van der Waals surface area contributed by atoms with E-state index < -0.39 is 97.5 Å². The molecule has 2 unspecified atom stereocenters. The van der Waals surface area contributed by atoms with Gasteiger partial charge in [0.2, 0.25) is 0 Å². The highest BCUT2D eigenvalue weighted by Crippen LogP contribution is 2.45. The first-order valence-electron chi connectivity index (χ1n) is 35.8. The van der Waals surface area contributed by atoms with E-state index in [2.05, 4.69) is 48.5 Å². The van der Waals surface area contributed by atoms with Crippen molar-refractivity contribution in [1.29, 1.82) is 0 Å². The molecule has 0 bridgehead atoms. The third-order valence-electron chi connectivity index (χ3n) is 15.9. The summed E-state index contributed by atoms with van der Waals surface area (Å²) >= 11 is 0. The van der Waals surface area contributed by atoms with Crippen LogP contribution in [-0.4, -0.2) is 96.7 Å². The van der Waals surface area contributed by atoms with E-state index in [0.29, 0.717) is 25.7 Å². The van der Waals surface area contributed by atoms with Crippen LogP contribution in [0.5, 0.6) is 0 Å². The number of carbonyl (C=O) groups excluding carboxylic acids is 4. The van der Waals surface area contributed by atoms with Gasteiger partial charge in [-0.25, -0.2) is 9.13 Å². The number of aliphatic hydroxyl groups excluding tert-OH is 1. The van der Waals surface area contributed by atoms with Crippen molar-refractivity contribution in [2.75, 3.05) is 39.6 Å². The number of hydrogen-bond donors (Lipinski definition) is 3. The summed E-state index contributed by atoms with van der Waals surface area (Å²) in [6, 6.07) is 0. The number of carbonyl (C=O) groups is 4. The molecule has 0 aromatic carbocycles. The van der Waals surface area contributed by atoms with Crippen LogP contribution in [0.3, 0.4) is 0 Å². The van der Waals surface area contributed by atoms with Gasteiger partial charge in [0, 0.05) is 25.7 Å². The van der Waals surface area contributed by atoms with E-state index in [1.807, 2.05) is 0 Å². The topological polar surface area (TPSA) is 237 Å². The molecule has 0 aliphatic heterocycles. The van der Waals surface area contributed by atoms with Crippen LogP contribution in [0.15, 0.2) is 0 Å². The van der Waals surface area contributed by atoms with Gasteiger partial charge in [0.25, 0.3) is 0 Å². The van der Waals surface area contributed by atoms with Crippen molar-refractivity contribution in [2.45, 2.75) is 362 Å². The normalized spacial score (nSPS) is 14.2. The quantitative estimate of drug-likeness (QED) is 0.0222. The smallest absolute Gasteiger partial charge is 0.462 e. The van der Waals surface area contributed by atoms with Gasteiger partial charge in [-0.1, -0.05) is 292 Å². The molecular weight excluding hydrogens is 1160 g/mol. The van der Waals surface area contributed by atoms with Gasteiger partial charge in [-0.05, 0) is 43.4 Å². The number of phosphoric ester groups is 2. The van der Waals surface area contributed by atoms with Crippen molar-refractivity contribution in [2.24, 2.45) is 17.8 Å². The molecule has 5 atom stereocenters. The van der Waals surface area contributed by atoms with Crippen LogP contribution in [0.25, 0.3) is 0 Å². The molecule has 0 spiro atoms. The van der Waals surface area contributed by atoms with Gasteiger partial charge in [0.1, 0.15) is 19.3 Å². The van der Waals surface area contributed by atoms with Crippen molar-refractivity contribution < 1.29 is 80.2 Å². The van der Waals surface area contributed by atoms with Gasteiger partial charge in [0.05, 0.1) is 26.4 Å². The predicted octanol–water partition coefficient (Wildman–Crippen LogP) is 19.5. The van der Waals surface area contributed by atoms with E-state index in [9.17, 15) is 43.2 Å². The molecule has 0 fully saturated rings. The molecule has 17 nitrogen and oxygen atoms in total. The Bertz CT molecular complexity index is 1730. The maximum Gasteiger partial charge on any atom is 0.472 e. The second kappa shape index (κ2) is 60.0. The zero-order chi connectivity index (χ0) is 65.2. The molecule has 0 aromatic heterocycles. The minimum atomic E-state index is -4.95. The largest absolute Gasteiger partial charge is 0.472 e. The van der Waals surface area contributed by atoms with E-state index in [0.717, 1.165) is 108 Å². The first-order valence-corrected chi connectivity index (χ1v) is 38.8. The van der Waals surface area contributed by atoms with E-state index in [-0.39, 0.29) is 25.7 Å². The molecular formula is C69H134O17P2. The average Bonchev–Trinajstić information content (AvgIpc) is 3.51. The molecule has 3 N–H and O–H groups in total. The summed E-state index contributed by atoms with van der Waals surface area (Å²) in [4.78, 5) is 72.4. The zero-order valence-electron chi connectivity index (χ0n) is 57.2. The summed E-state index contributed by atoms with van der Waals surface area (Å²) in [5, 5.41) is 10.6. The maximum absolute atomic E-state index is 13.0. The van der Waals surface area contributed by atoms with Gasteiger partial charge in [-0.2, -0.15) is 0 Å². The third kappa shape index (κ3) is 62.8. The number of unbranched alkanes of at least 4 members (excludes halogenated alkanes) is 35. The Morgan fingerprint density at radius 1 is 0.307 bits per heavy atom. The second-order valence-corrected chi connectivity index (χ2v) is 29.3. The number of rotatable bonds is 67. The Morgan fingerprint density at radius 2 is 0.523 bits per heavy atom. The van der Waals surface area contributed by atoms with Crippen LogP contribution in [0.4, 0.5) is 0 Å². The Balaban J connectivity index is 5.24. The molecule has 0 rings (SSSR count).